The number of carbonyl (C=O) groups excluding carboxylic acids is 3. The molecule has 0 aliphatic rings. The van der Waals surface area contributed by atoms with Crippen LogP contribution in [0, 0.1) is 0 Å². The van der Waals surface area contributed by atoms with Gasteiger partial charge in [-0.2, -0.15) is 0 Å². The first-order valence-electron chi connectivity index (χ1n) is 8.68. The third-order valence-electron chi connectivity index (χ3n) is 3.26. The van der Waals surface area contributed by atoms with Crippen molar-refractivity contribution in [1.82, 2.24) is 10.9 Å². The summed E-state index contributed by atoms with van der Waals surface area (Å²) in [7, 11) is 0. The maximum Gasteiger partial charge on any atom is 0.412 e. The van der Waals surface area contributed by atoms with Crippen LogP contribution < -0.4 is 20.9 Å². The second-order valence-electron chi connectivity index (χ2n) is 7.03. The van der Waals surface area contributed by atoms with E-state index in [1.807, 2.05) is 0 Å². The highest BCUT2D eigenvalue weighted by molar-refractivity contribution is 6.33. The first-order chi connectivity index (χ1) is 13.5. The number of nitrogens with one attached hydrogen (secondary N) is 3. The lowest BCUT2D eigenvalue weighted by atomic mass is 10.2. The Bertz CT molecular complexity index is 925. The number of amides is 3. The Balaban J connectivity index is 2.06. The van der Waals surface area contributed by atoms with Crippen molar-refractivity contribution < 1.29 is 23.9 Å². The van der Waals surface area contributed by atoms with Gasteiger partial charge < -0.3 is 9.47 Å². The fourth-order valence-corrected chi connectivity index (χ4v) is 2.35. The van der Waals surface area contributed by atoms with E-state index in [-0.39, 0.29) is 10.9 Å². The van der Waals surface area contributed by atoms with Crippen molar-refractivity contribution in [3.05, 3.63) is 53.1 Å². The Kier molecular flexibility index (Phi) is 7.06. The SMILES string of the molecule is CC(=O)NNC(=O)c1cccc(Oc2ccc(NC(=O)OC(C)(C)C)c(Cl)c2)c1. The van der Waals surface area contributed by atoms with Crippen molar-refractivity contribution in [1.29, 1.82) is 0 Å². The molecule has 0 aromatic heterocycles. The van der Waals surface area contributed by atoms with Crippen molar-refractivity contribution >= 4 is 35.2 Å². The van der Waals surface area contributed by atoms with E-state index < -0.39 is 17.6 Å². The third-order valence-corrected chi connectivity index (χ3v) is 3.57. The number of hydrazine groups is 1. The van der Waals surface area contributed by atoms with Gasteiger partial charge >= 0.3 is 6.09 Å². The van der Waals surface area contributed by atoms with E-state index in [1.165, 1.54) is 19.1 Å². The van der Waals surface area contributed by atoms with Gasteiger partial charge in [0.15, 0.2) is 0 Å². The molecule has 0 atom stereocenters. The van der Waals surface area contributed by atoms with E-state index in [1.54, 1.807) is 51.1 Å². The number of benzene rings is 2. The van der Waals surface area contributed by atoms with Gasteiger partial charge in [0.2, 0.25) is 5.91 Å². The summed E-state index contributed by atoms with van der Waals surface area (Å²) >= 11 is 6.21. The lowest BCUT2D eigenvalue weighted by Gasteiger charge is -2.20. The molecule has 2 aromatic rings. The second-order valence-corrected chi connectivity index (χ2v) is 7.44. The van der Waals surface area contributed by atoms with Crippen LogP contribution >= 0.6 is 11.6 Å². The molecule has 0 saturated heterocycles. The maximum atomic E-state index is 12.0. The zero-order valence-electron chi connectivity index (χ0n) is 16.5. The molecule has 3 N–H and O–H groups in total. The monoisotopic (exact) mass is 419 g/mol. The van der Waals surface area contributed by atoms with Gasteiger partial charge in [-0.15, -0.1) is 0 Å². The van der Waals surface area contributed by atoms with Gasteiger partial charge in [0.1, 0.15) is 17.1 Å². The van der Waals surface area contributed by atoms with Crippen LogP contribution in [-0.4, -0.2) is 23.5 Å². The maximum absolute atomic E-state index is 12.0. The average molecular weight is 420 g/mol. The summed E-state index contributed by atoms with van der Waals surface area (Å²) in [4.78, 5) is 34.8. The summed E-state index contributed by atoms with van der Waals surface area (Å²) in [5.41, 5.74) is 4.53. The van der Waals surface area contributed by atoms with Crippen LogP contribution in [0.2, 0.25) is 5.02 Å². The fourth-order valence-electron chi connectivity index (χ4n) is 2.13. The van der Waals surface area contributed by atoms with Crippen molar-refractivity contribution in [3.63, 3.8) is 0 Å². The zero-order valence-corrected chi connectivity index (χ0v) is 17.2. The number of ether oxygens (including phenoxy) is 2. The minimum Gasteiger partial charge on any atom is -0.457 e. The molecule has 0 aliphatic heterocycles. The minimum atomic E-state index is -0.628. The van der Waals surface area contributed by atoms with Crippen LogP contribution in [0.4, 0.5) is 10.5 Å². The molecule has 8 nitrogen and oxygen atoms in total. The van der Waals surface area contributed by atoms with Crippen LogP contribution in [0.25, 0.3) is 0 Å². The first kappa shape index (κ1) is 22.0. The number of hydrogen-bond acceptors (Lipinski definition) is 5. The molecule has 0 aliphatic carbocycles. The quantitative estimate of drug-likeness (QED) is 0.642. The van der Waals surface area contributed by atoms with Crippen molar-refractivity contribution in [2.75, 3.05) is 5.32 Å². The molecule has 0 radical (unpaired) electrons. The third kappa shape index (κ3) is 7.34. The largest absolute Gasteiger partial charge is 0.457 e. The van der Waals surface area contributed by atoms with Crippen LogP contribution in [0.15, 0.2) is 42.5 Å². The van der Waals surface area contributed by atoms with Crippen molar-refractivity contribution in [3.8, 4) is 11.5 Å². The Hall–Kier alpha value is -3.26. The molecule has 0 saturated carbocycles. The summed E-state index contributed by atoms with van der Waals surface area (Å²) in [6.07, 6.45) is -0.619. The molecule has 0 heterocycles. The zero-order chi connectivity index (χ0) is 21.6. The smallest absolute Gasteiger partial charge is 0.412 e. The molecule has 3 amide bonds. The van der Waals surface area contributed by atoms with E-state index >= 15 is 0 Å². The van der Waals surface area contributed by atoms with E-state index in [0.29, 0.717) is 22.7 Å². The molecule has 2 rings (SSSR count). The lowest BCUT2D eigenvalue weighted by Crippen LogP contribution is -2.40. The predicted octanol–water partition coefficient (Wildman–Crippen LogP) is 4.26. The summed E-state index contributed by atoms with van der Waals surface area (Å²) in [6, 6.07) is 11.1. The van der Waals surface area contributed by atoms with Gasteiger partial charge in [-0.05, 0) is 51.1 Å². The van der Waals surface area contributed by atoms with Gasteiger partial charge in [0, 0.05) is 18.6 Å². The van der Waals surface area contributed by atoms with E-state index in [2.05, 4.69) is 16.2 Å². The Morgan fingerprint density at radius 3 is 2.28 bits per heavy atom. The molecule has 0 fully saturated rings. The molecule has 9 heteroatoms. The molecule has 2 aromatic carbocycles. The highest BCUT2D eigenvalue weighted by atomic mass is 35.5. The van der Waals surface area contributed by atoms with Crippen LogP contribution in [0.5, 0.6) is 11.5 Å². The number of halogens is 1. The van der Waals surface area contributed by atoms with Gasteiger partial charge in [-0.25, -0.2) is 4.79 Å². The van der Waals surface area contributed by atoms with Gasteiger partial charge in [-0.1, -0.05) is 17.7 Å². The standard InChI is InChI=1S/C20H22ClN3O5/c1-12(25)23-24-18(26)13-6-5-7-14(10-13)28-15-8-9-17(16(21)11-15)22-19(27)29-20(2,3)4/h5-11H,1-4H3,(H,22,27)(H,23,25)(H,24,26). The van der Waals surface area contributed by atoms with Crippen LogP contribution in [-0.2, 0) is 9.53 Å². The molecular formula is C20H22ClN3O5. The average Bonchev–Trinajstić information content (AvgIpc) is 2.60. The first-order valence-corrected chi connectivity index (χ1v) is 9.06. The lowest BCUT2D eigenvalue weighted by molar-refractivity contribution is -0.119. The van der Waals surface area contributed by atoms with Gasteiger partial charge in [0.05, 0.1) is 10.7 Å². The predicted molar refractivity (Wildman–Crippen MR) is 109 cm³/mol. The summed E-state index contributed by atoms with van der Waals surface area (Å²) in [6.45, 7) is 6.56. The molecule has 0 spiro atoms. The normalized spacial score (nSPS) is 10.7. The van der Waals surface area contributed by atoms with E-state index in [4.69, 9.17) is 21.1 Å². The van der Waals surface area contributed by atoms with Crippen LogP contribution in [0.1, 0.15) is 38.1 Å². The number of carbonyl (C=O) groups is 3. The summed E-state index contributed by atoms with van der Waals surface area (Å²) in [5.74, 6) is -0.0744. The number of anilines is 1. The highest BCUT2D eigenvalue weighted by Gasteiger charge is 2.17. The van der Waals surface area contributed by atoms with E-state index in [9.17, 15) is 14.4 Å². The Morgan fingerprint density at radius 2 is 1.66 bits per heavy atom. The van der Waals surface area contributed by atoms with Gasteiger partial charge in [0.25, 0.3) is 5.91 Å². The molecular weight excluding hydrogens is 398 g/mol. The van der Waals surface area contributed by atoms with E-state index in [0.717, 1.165) is 0 Å². The Morgan fingerprint density at radius 1 is 0.966 bits per heavy atom. The fraction of sp³-hybridized carbons (Fsp3) is 0.250. The summed E-state index contributed by atoms with van der Waals surface area (Å²) in [5, 5.41) is 2.83. The molecule has 154 valence electrons. The number of hydrogen-bond donors (Lipinski definition) is 3. The summed E-state index contributed by atoms with van der Waals surface area (Å²) < 4.78 is 10.9. The molecule has 0 bridgehead atoms. The Labute approximate surface area is 173 Å². The molecule has 0 unspecified atom stereocenters. The molecule has 29 heavy (non-hydrogen) atoms. The van der Waals surface area contributed by atoms with Crippen LogP contribution in [0.3, 0.4) is 0 Å². The second kappa shape index (κ2) is 9.29. The number of rotatable bonds is 4. The minimum absolute atomic E-state index is 0.257. The van der Waals surface area contributed by atoms with Crippen molar-refractivity contribution in [2.45, 2.75) is 33.3 Å². The topological polar surface area (TPSA) is 106 Å². The van der Waals surface area contributed by atoms with Gasteiger partial charge in [-0.3, -0.25) is 25.8 Å². The van der Waals surface area contributed by atoms with Crippen molar-refractivity contribution in [2.24, 2.45) is 0 Å². The highest BCUT2D eigenvalue weighted by Crippen LogP contribution is 2.30.